The number of aryl methyl sites for hydroxylation is 2. The Kier molecular flexibility index (Phi) is 3.81. The van der Waals surface area contributed by atoms with E-state index in [4.69, 9.17) is 8.94 Å². The van der Waals surface area contributed by atoms with Crippen LogP contribution in [-0.2, 0) is 13.1 Å². The summed E-state index contributed by atoms with van der Waals surface area (Å²) in [5, 5.41) is 4.96. The van der Waals surface area contributed by atoms with Gasteiger partial charge in [0.1, 0.15) is 11.3 Å². The summed E-state index contributed by atoms with van der Waals surface area (Å²) in [7, 11) is 1.98. The van der Waals surface area contributed by atoms with Gasteiger partial charge in [-0.15, -0.1) is 0 Å². The Morgan fingerprint density at radius 1 is 1.14 bits per heavy atom. The molecule has 0 unspecified atom stereocenters. The Balaban J connectivity index is 1.88. The lowest BCUT2D eigenvalue weighted by molar-refractivity contribution is 0.302. The van der Waals surface area contributed by atoms with Gasteiger partial charge < -0.3 is 8.94 Å². The lowest BCUT2D eigenvalue weighted by atomic mass is 10.1. The van der Waals surface area contributed by atoms with Crippen LogP contribution in [0.15, 0.2) is 44.1 Å². The summed E-state index contributed by atoms with van der Waals surface area (Å²) in [5.41, 5.74) is 3.21. The zero-order valence-electron chi connectivity index (χ0n) is 12.9. The molecule has 0 amide bonds. The minimum atomic E-state index is -0.321. The van der Waals surface area contributed by atoms with E-state index in [0.29, 0.717) is 18.7 Å². The quantitative estimate of drug-likeness (QED) is 0.693. The SMILES string of the molecule is Cc1ccc2c(CN(C)Cc3cc(C)on3)cc(=O)oc2c1. The van der Waals surface area contributed by atoms with Gasteiger partial charge in [-0.05, 0) is 38.1 Å². The van der Waals surface area contributed by atoms with E-state index < -0.39 is 0 Å². The molecule has 3 rings (SSSR count). The fraction of sp³-hybridized carbons (Fsp3) is 0.294. The van der Waals surface area contributed by atoms with Crippen LogP contribution < -0.4 is 5.63 Å². The molecule has 114 valence electrons. The second-order valence-electron chi connectivity index (χ2n) is 5.69. The van der Waals surface area contributed by atoms with Crippen LogP contribution in [0.25, 0.3) is 11.0 Å². The maximum absolute atomic E-state index is 11.7. The van der Waals surface area contributed by atoms with E-state index in [1.165, 1.54) is 0 Å². The topological polar surface area (TPSA) is 59.5 Å². The molecular formula is C17H18N2O3. The third-order valence-electron chi connectivity index (χ3n) is 3.53. The number of fused-ring (bicyclic) bond motifs is 1. The largest absolute Gasteiger partial charge is 0.423 e. The van der Waals surface area contributed by atoms with Crippen LogP contribution in [0.1, 0.15) is 22.6 Å². The summed E-state index contributed by atoms with van der Waals surface area (Å²) in [6, 6.07) is 9.38. The smallest absolute Gasteiger partial charge is 0.336 e. The van der Waals surface area contributed by atoms with E-state index in [-0.39, 0.29) is 5.63 Å². The van der Waals surface area contributed by atoms with Gasteiger partial charge in [-0.1, -0.05) is 17.3 Å². The van der Waals surface area contributed by atoms with Gasteiger partial charge in [0.25, 0.3) is 0 Å². The molecule has 0 aliphatic heterocycles. The van der Waals surface area contributed by atoms with Crippen molar-refractivity contribution in [3.8, 4) is 0 Å². The van der Waals surface area contributed by atoms with Gasteiger partial charge >= 0.3 is 5.63 Å². The molecule has 0 aliphatic rings. The van der Waals surface area contributed by atoms with Crippen LogP contribution in [0.5, 0.6) is 0 Å². The molecule has 5 nitrogen and oxygen atoms in total. The molecule has 0 saturated heterocycles. The van der Waals surface area contributed by atoms with Crippen molar-refractivity contribution in [3.05, 3.63) is 63.3 Å². The molecule has 0 spiro atoms. The molecule has 2 aromatic heterocycles. The first-order chi connectivity index (χ1) is 10.5. The molecule has 0 N–H and O–H groups in total. The summed E-state index contributed by atoms with van der Waals surface area (Å²) in [6.45, 7) is 5.14. The second-order valence-corrected chi connectivity index (χ2v) is 5.69. The molecule has 0 fully saturated rings. The lowest BCUT2D eigenvalue weighted by Gasteiger charge is -2.16. The van der Waals surface area contributed by atoms with Crippen molar-refractivity contribution < 1.29 is 8.94 Å². The number of nitrogens with zero attached hydrogens (tertiary/aromatic N) is 2. The van der Waals surface area contributed by atoms with Crippen LogP contribution in [0.3, 0.4) is 0 Å². The fourth-order valence-corrected chi connectivity index (χ4v) is 2.58. The van der Waals surface area contributed by atoms with Gasteiger partial charge in [-0.3, -0.25) is 4.90 Å². The number of hydrogen-bond donors (Lipinski definition) is 0. The van der Waals surface area contributed by atoms with Gasteiger partial charge in [-0.2, -0.15) is 0 Å². The van der Waals surface area contributed by atoms with E-state index in [2.05, 4.69) is 10.1 Å². The molecule has 5 heteroatoms. The maximum Gasteiger partial charge on any atom is 0.336 e. The first-order valence-electron chi connectivity index (χ1n) is 7.15. The first kappa shape index (κ1) is 14.5. The van der Waals surface area contributed by atoms with E-state index in [0.717, 1.165) is 28.0 Å². The molecular weight excluding hydrogens is 280 g/mol. The van der Waals surface area contributed by atoms with Crippen molar-refractivity contribution >= 4 is 11.0 Å². The van der Waals surface area contributed by atoms with E-state index in [9.17, 15) is 4.79 Å². The molecule has 3 aromatic rings. The minimum Gasteiger partial charge on any atom is -0.423 e. The van der Waals surface area contributed by atoms with Crippen molar-refractivity contribution in [1.29, 1.82) is 0 Å². The normalized spacial score (nSPS) is 11.5. The van der Waals surface area contributed by atoms with Crippen molar-refractivity contribution in [2.24, 2.45) is 0 Å². The van der Waals surface area contributed by atoms with E-state index in [1.807, 2.05) is 45.2 Å². The summed E-state index contributed by atoms with van der Waals surface area (Å²) < 4.78 is 10.4. The van der Waals surface area contributed by atoms with Crippen molar-refractivity contribution in [2.45, 2.75) is 26.9 Å². The monoisotopic (exact) mass is 298 g/mol. The highest BCUT2D eigenvalue weighted by molar-refractivity contribution is 5.80. The van der Waals surface area contributed by atoms with Gasteiger partial charge in [0.05, 0.1) is 5.69 Å². The summed E-state index contributed by atoms with van der Waals surface area (Å²) in [5.74, 6) is 0.796. The highest BCUT2D eigenvalue weighted by atomic mass is 16.5. The van der Waals surface area contributed by atoms with Crippen LogP contribution in [-0.4, -0.2) is 17.1 Å². The second kappa shape index (κ2) is 5.77. The standard InChI is InChI=1S/C17H18N2O3/c1-11-4-5-15-13(8-17(20)21-16(15)6-11)9-19(3)10-14-7-12(2)22-18-14/h4-8H,9-10H2,1-3H3. The van der Waals surface area contributed by atoms with Gasteiger partial charge in [0.2, 0.25) is 0 Å². The first-order valence-corrected chi connectivity index (χ1v) is 7.15. The molecule has 0 saturated carbocycles. The zero-order chi connectivity index (χ0) is 15.7. The predicted octanol–water partition coefficient (Wildman–Crippen LogP) is 3.03. The summed E-state index contributed by atoms with van der Waals surface area (Å²) in [4.78, 5) is 13.8. The number of aromatic nitrogens is 1. The third kappa shape index (κ3) is 3.09. The van der Waals surface area contributed by atoms with E-state index in [1.54, 1.807) is 6.07 Å². The Morgan fingerprint density at radius 3 is 2.68 bits per heavy atom. The van der Waals surface area contributed by atoms with Gasteiger partial charge in [0, 0.05) is 30.6 Å². The van der Waals surface area contributed by atoms with Crippen LogP contribution in [0.2, 0.25) is 0 Å². The number of rotatable bonds is 4. The van der Waals surface area contributed by atoms with Crippen LogP contribution in [0, 0.1) is 13.8 Å². The zero-order valence-corrected chi connectivity index (χ0v) is 12.9. The summed E-state index contributed by atoms with van der Waals surface area (Å²) in [6.07, 6.45) is 0. The van der Waals surface area contributed by atoms with Gasteiger partial charge in [-0.25, -0.2) is 4.79 Å². The van der Waals surface area contributed by atoms with Gasteiger partial charge in [0.15, 0.2) is 0 Å². The third-order valence-corrected chi connectivity index (χ3v) is 3.53. The Morgan fingerprint density at radius 2 is 1.95 bits per heavy atom. The highest BCUT2D eigenvalue weighted by Gasteiger charge is 2.10. The molecule has 0 atom stereocenters. The number of hydrogen-bond acceptors (Lipinski definition) is 5. The highest BCUT2D eigenvalue weighted by Crippen LogP contribution is 2.20. The van der Waals surface area contributed by atoms with Crippen LogP contribution >= 0.6 is 0 Å². The van der Waals surface area contributed by atoms with E-state index >= 15 is 0 Å². The fourth-order valence-electron chi connectivity index (χ4n) is 2.58. The van der Waals surface area contributed by atoms with Crippen molar-refractivity contribution in [3.63, 3.8) is 0 Å². The average Bonchev–Trinajstić information content (AvgIpc) is 2.83. The number of benzene rings is 1. The Labute approximate surface area is 128 Å². The van der Waals surface area contributed by atoms with Crippen molar-refractivity contribution in [2.75, 3.05) is 7.05 Å². The molecule has 22 heavy (non-hydrogen) atoms. The molecule has 0 aliphatic carbocycles. The Bertz CT molecular complexity index is 864. The molecule has 1 aromatic carbocycles. The lowest BCUT2D eigenvalue weighted by Crippen LogP contribution is -2.18. The average molecular weight is 298 g/mol. The van der Waals surface area contributed by atoms with Crippen LogP contribution in [0.4, 0.5) is 0 Å². The minimum absolute atomic E-state index is 0.321. The molecule has 0 radical (unpaired) electrons. The Hall–Kier alpha value is -2.40. The molecule has 0 bridgehead atoms. The predicted molar refractivity (Wildman–Crippen MR) is 83.6 cm³/mol. The summed E-state index contributed by atoms with van der Waals surface area (Å²) >= 11 is 0. The maximum atomic E-state index is 11.7. The van der Waals surface area contributed by atoms with Crippen molar-refractivity contribution in [1.82, 2.24) is 10.1 Å². The molecule has 2 heterocycles.